The van der Waals surface area contributed by atoms with E-state index in [1.807, 2.05) is 24.3 Å². The summed E-state index contributed by atoms with van der Waals surface area (Å²) in [5.41, 5.74) is 0. The zero-order valence-corrected chi connectivity index (χ0v) is 12.8. The van der Waals surface area contributed by atoms with Gasteiger partial charge in [-0.15, -0.1) is 0 Å². The Morgan fingerprint density at radius 1 is 0.684 bits per heavy atom. The van der Waals surface area contributed by atoms with Crippen LogP contribution >= 0.6 is 34.8 Å². The molecule has 5 heteroatoms. The maximum absolute atomic E-state index is 5.61. The second-order valence-electron chi connectivity index (χ2n) is 3.39. The first-order valence-corrected chi connectivity index (χ1v) is 6.50. The Morgan fingerprint density at radius 2 is 1.11 bits per heavy atom. The van der Waals surface area contributed by atoms with E-state index in [1.54, 1.807) is 32.4 Å². The van der Waals surface area contributed by atoms with Gasteiger partial charge in [-0.2, -0.15) is 0 Å². The molecule has 0 aliphatic heterocycles. The highest BCUT2D eigenvalue weighted by molar-refractivity contribution is 6.47. The second kappa shape index (κ2) is 8.16. The molecule has 0 aliphatic carbocycles. The highest BCUT2D eigenvalue weighted by Gasteiger charge is 1.99. The van der Waals surface area contributed by atoms with E-state index in [9.17, 15) is 0 Å². The van der Waals surface area contributed by atoms with E-state index in [1.165, 1.54) is 0 Å². The Balaban J connectivity index is 0.000000191. The average molecular weight is 320 g/mol. The normalized spacial score (nSPS) is 9.32. The Kier molecular flexibility index (Phi) is 6.85. The van der Waals surface area contributed by atoms with Gasteiger partial charge >= 0.3 is 0 Å². The van der Waals surface area contributed by atoms with Crippen LogP contribution in [0, 0.1) is 0 Å². The van der Waals surface area contributed by atoms with Crippen LogP contribution in [0.25, 0.3) is 0 Å². The topological polar surface area (TPSA) is 18.5 Å². The first-order valence-electron chi connectivity index (χ1n) is 5.36. The van der Waals surface area contributed by atoms with Crippen molar-refractivity contribution in [2.45, 2.75) is 0 Å². The smallest absolute Gasteiger partial charge is 0.160 e. The van der Waals surface area contributed by atoms with Gasteiger partial charge in [0.2, 0.25) is 0 Å². The summed E-state index contributed by atoms with van der Waals surface area (Å²) in [4.78, 5) is 0. The highest BCUT2D eigenvalue weighted by atomic mass is 35.5. The molecule has 0 fully saturated rings. The minimum Gasteiger partial charge on any atom is -0.493 e. The summed E-state index contributed by atoms with van der Waals surface area (Å²) in [6, 6.07) is 12.7. The zero-order chi connectivity index (χ0) is 14.3. The lowest BCUT2D eigenvalue weighted by atomic mass is 10.3. The molecule has 0 N–H and O–H groups in total. The molecule has 0 unspecified atom stereocenters. The van der Waals surface area contributed by atoms with E-state index in [2.05, 4.69) is 0 Å². The van der Waals surface area contributed by atoms with Gasteiger partial charge < -0.3 is 9.47 Å². The van der Waals surface area contributed by atoms with E-state index in [0.29, 0.717) is 15.1 Å². The molecule has 19 heavy (non-hydrogen) atoms. The van der Waals surface area contributed by atoms with Crippen molar-refractivity contribution in [2.24, 2.45) is 0 Å². The first-order chi connectivity index (χ1) is 9.10. The monoisotopic (exact) mass is 318 g/mol. The van der Waals surface area contributed by atoms with Crippen LogP contribution in [0.1, 0.15) is 0 Å². The van der Waals surface area contributed by atoms with Crippen LogP contribution in [0.2, 0.25) is 15.1 Å². The Labute approximate surface area is 127 Å². The zero-order valence-electron chi connectivity index (χ0n) is 10.5. The number of hydrogen-bond donors (Lipinski definition) is 0. The Hall–Kier alpha value is -1.09. The van der Waals surface area contributed by atoms with Crippen LogP contribution in [0.15, 0.2) is 42.5 Å². The maximum Gasteiger partial charge on any atom is 0.160 e. The molecule has 0 saturated carbocycles. The number of rotatable bonds is 2. The molecule has 0 aliphatic rings. The molecule has 0 spiro atoms. The molecule has 102 valence electrons. The molecule has 0 saturated heterocycles. The number of hydrogen-bond acceptors (Lipinski definition) is 2. The standard InChI is InChI=1S/C8H10O2.C6H3Cl3/c1-9-7-5-3-4-6-8(7)10-2;7-4-2-1-3-5(8)6(4)9/h3-6H,1-2H3;1-3H. The van der Waals surface area contributed by atoms with Gasteiger partial charge in [-0.3, -0.25) is 0 Å². The van der Waals surface area contributed by atoms with Gasteiger partial charge in [0.25, 0.3) is 0 Å². The van der Waals surface area contributed by atoms with Crippen LogP contribution in [-0.4, -0.2) is 14.2 Å². The summed E-state index contributed by atoms with van der Waals surface area (Å²) >= 11 is 16.8. The molecular formula is C14H13Cl3O2. The van der Waals surface area contributed by atoms with Gasteiger partial charge in [0.05, 0.1) is 29.3 Å². The Morgan fingerprint density at radius 3 is 1.42 bits per heavy atom. The minimum absolute atomic E-state index is 0.417. The maximum atomic E-state index is 5.61. The molecule has 2 aromatic carbocycles. The van der Waals surface area contributed by atoms with E-state index in [-0.39, 0.29) is 0 Å². The summed E-state index contributed by atoms with van der Waals surface area (Å²) in [5.74, 6) is 1.54. The molecule has 0 heterocycles. The number of para-hydroxylation sites is 2. The van der Waals surface area contributed by atoms with Crippen LogP contribution in [0.4, 0.5) is 0 Å². The second-order valence-corrected chi connectivity index (χ2v) is 4.58. The van der Waals surface area contributed by atoms with Crippen molar-refractivity contribution in [1.29, 1.82) is 0 Å². The summed E-state index contributed by atoms with van der Waals surface area (Å²) in [5, 5.41) is 1.40. The molecule has 0 radical (unpaired) electrons. The summed E-state index contributed by atoms with van der Waals surface area (Å²) < 4.78 is 10.0. The van der Waals surface area contributed by atoms with Gasteiger partial charge in [-0.1, -0.05) is 53.0 Å². The predicted molar refractivity (Wildman–Crippen MR) is 81.0 cm³/mol. The highest BCUT2D eigenvalue weighted by Crippen LogP contribution is 2.28. The number of ether oxygens (including phenoxy) is 2. The van der Waals surface area contributed by atoms with E-state index in [0.717, 1.165) is 11.5 Å². The van der Waals surface area contributed by atoms with Crippen molar-refractivity contribution in [3.63, 3.8) is 0 Å². The lowest BCUT2D eigenvalue weighted by Crippen LogP contribution is -1.88. The van der Waals surface area contributed by atoms with Crippen LogP contribution in [0.3, 0.4) is 0 Å². The Bertz CT molecular complexity index is 487. The van der Waals surface area contributed by atoms with Gasteiger partial charge in [-0.05, 0) is 24.3 Å². The fourth-order valence-corrected chi connectivity index (χ4v) is 1.79. The fourth-order valence-electron chi connectivity index (χ4n) is 1.26. The van der Waals surface area contributed by atoms with Crippen LogP contribution in [-0.2, 0) is 0 Å². The molecule has 2 nitrogen and oxygen atoms in total. The molecule has 2 aromatic rings. The van der Waals surface area contributed by atoms with Gasteiger partial charge in [0.15, 0.2) is 11.5 Å². The molecule has 0 atom stereocenters. The first kappa shape index (κ1) is 16.0. The lowest BCUT2D eigenvalue weighted by molar-refractivity contribution is 0.355. The van der Waals surface area contributed by atoms with E-state index in [4.69, 9.17) is 44.3 Å². The SMILES string of the molecule is COc1ccccc1OC.Clc1cccc(Cl)c1Cl. The summed E-state index contributed by atoms with van der Waals surface area (Å²) in [6.07, 6.45) is 0. The van der Waals surface area contributed by atoms with Crippen molar-refractivity contribution in [1.82, 2.24) is 0 Å². The third-order valence-electron chi connectivity index (χ3n) is 2.19. The largest absolute Gasteiger partial charge is 0.493 e. The quantitative estimate of drug-likeness (QED) is 0.695. The fraction of sp³-hybridized carbons (Fsp3) is 0.143. The van der Waals surface area contributed by atoms with Crippen molar-refractivity contribution < 1.29 is 9.47 Å². The molecule has 2 rings (SSSR count). The van der Waals surface area contributed by atoms with Gasteiger partial charge in [-0.25, -0.2) is 0 Å². The van der Waals surface area contributed by atoms with Crippen LogP contribution in [0.5, 0.6) is 11.5 Å². The van der Waals surface area contributed by atoms with Crippen molar-refractivity contribution in [2.75, 3.05) is 14.2 Å². The van der Waals surface area contributed by atoms with Gasteiger partial charge in [0.1, 0.15) is 0 Å². The van der Waals surface area contributed by atoms with E-state index < -0.39 is 0 Å². The minimum atomic E-state index is 0.417. The molecule has 0 bridgehead atoms. The predicted octanol–water partition coefficient (Wildman–Crippen LogP) is 5.35. The molecular weight excluding hydrogens is 307 g/mol. The molecule has 0 amide bonds. The molecule has 0 aromatic heterocycles. The number of methoxy groups -OCH3 is 2. The number of benzene rings is 2. The van der Waals surface area contributed by atoms with E-state index >= 15 is 0 Å². The van der Waals surface area contributed by atoms with Crippen molar-refractivity contribution >= 4 is 34.8 Å². The van der Waals surface area contributed by atoms with Crippen molar-refractivity contribution in [3.8, 4) is 11.5 Å². The van der Waals surface area contributed by atoms with Crippen molar-refractivity contribution in [3.05, 3.63) is 57.5 Å². The summed E-state index contributed by atoms with van der Waals surface area (Å²) in [6.45, 7) is 0. The summed E-state index contributed by atoms with van der Waals surface area (Å²) in [7, 11) is 3.25. The number of halogens is 3. The van der Waals surface area contributed by atoms with Crippen LogP contribution < -0.4 is 9.47 Å². The lowest BCUT2D eigenvalue weighted by Gasteiger charge is -2.04. The third-order valence-corrected chi connectivity index (χ3v) is 3.42. The third kappa shape index (κ3) is 4.83. The average Bonchev–Trinajstić information content (AvgIpc) is 2.45. The van der Waals surface area contributed by atoms with Gasteiger partial charge in [0, 0.05) is 0 Å².